The third-order valence-electron chi connectivity index (χ3n) is 5.78. The lowest BCUT2D eigenvalue weighted by Crippen LogP contribution is -2.48. The number of hydrogen-bond acceptors (Lipinski definition) is 5. The Kier molecular flexibility index (Phi) is 4.78. The smallest absolute Gasteiger partial charge is 0.243 e. The topological polar surface area (TPSA) is 79.0 Å². The molecule has 0 bridgehead atoms. The summed E-state index contributed by atoms with van der Waals surface area (Å²) < 4.78 is 33.2. The Balaban J connectivity index is 1.53. The van der Waals surface area contributed by atoms with Gasteiger partial charge in [0.15, 0.2) is 0 Å². The van der Waals surface area contributed by atoms with Crippen LogP contribution in [0.1, 0.15) is 19.4 Å². The molecule has 2 heterocycles. The number of anilines is 2. The van der Waals surface area contributed by atoms with Crippen LogP contribution in [0.5, 0.6) is 5.75 Å². The molecule has 2 aliphatic rings. The van der Waals surface area contributed by atoms with E-state index in [2.05, 4.69) is 10.2 Å². The van der Waals surface area contributed by atoms with Crippen LogP contribution in [0.4, 0.5) is 11.4 Å². The van der Waals surface area contributed by atoms with Crippen LogP contribution in [0.3, 0.4) is 0 Å². The molecule has 0 spiro atoms. The summed E-state index contributed by atoms with van der Waals surface area (Å²) in [6, 6.07) is 12.7. The molecule has 2 aromatic rings. The van der Waals surface area contributed by atoms with Gasteiger partial charge >= 0.3 is 0 Å². The van der Waals surface area contributed by atoms with E-state index in [9.17, 15) is 13.2 Å². The number of nitrogens with one attached hydrogen (secondary N) is 1. The molecule has 0 unspecified atom stereocenters. The normalized spacial score (nSPS) is 19.0. The van der Waals surface area contributed by atoms with Gasteiger partial charge < -0.3 is 15.0 Å². The maximum absolute atomic E-state index is 13.2. The zero-order valence-electron chi connectivity index (χ0n) is 16.8. The fraction of sp³-hybridized carbons (Fsp3) is 0.381. The van der Waals surface area contributed by atoms with Gasteiger partial charge in [0, 0.05) is 43.6 Å². The summed E-state index contributed by atoms with van der Waals surface area (Å²) in [5, 5.41) is 2.81. The van der Waals surface area contributed by atoms with E-state index in [-0.39, 0.29) is 10.8 Å². The minimum absolute atomic E-state index is 0.117. The molecule has 7 nitrogen and oxygen atoms in total. The minimum atomic E-state index is -3.63. The average Bonchev–Trinajstić information content (AvgIpc) is 2.96. The number of methoxy groups -OCH3 is 1. The van der Waals surface area contributed by atoms with Crippen molar-refractivity contribution in [2.45, 2.75) is 24.2 Å². The van der Waals surface area contributed by atoms with E-state index in [0.717, 1.165) is 17.0 Å². The molecular weight excluding hydrogens is 390 g/mol. The van der Waals surface area contributed by atoms with Crippen molar-refractivity contribution in [3.63, 3.8) is 0 Å². The van der Waals surface area contributed by atoms with Crippen LogP contribution in [0, 0.1) is 0 Å². The highest BCUT2D eigenvalue weighted by Gasteiger charge is 2.39. The van der Waals surface area contributed by atoms with Gasteiger partial charge in [0.2, 0.25) is 15.9 Å². The van der Waals surface area contributed by atoms with E-state index < -0.39 is 15.4 Å². The average molecular weight is 416 g/mol. The molecule has 154 valence electrons. The number of carbonyl (C=O) groups is 1. The molecular formula is C21H25N3O4S. The van der Waals surface area contributed by atoms with Gasteiger partial charge in [0.25, 0.3) is 0 Å². The summed E-state index contributed by atoms with van der Waals surface area (Å²) in [6.45, 7) is 5.61. The Morgan fingerprint density at radius 3 is 2.45 bits per heavy atom. The lowest BCUT2D eigenvalue weighted by atomic mass is 9.86. The highest BCUT2D eigenvalue weighted by atomic mass is 32.2. The van der Waals surface area contributed by atoms with E-state index in [1.165, 1.54) is 4.31 Å². The van der Waals surface area contributed by atoms with Crippen LogP contribution < -0.4 is 15.0 Å². The number of benzene rings is 2. The van der Waals surface area contributed by atoms with Crippen molar-refractivity contribution in [3.05, 3.63) is 48.0 Å². The third kappa shape index (κ3) is 3.36. The number of piperazine rings is 1. The number of carbonyl (C=O) groups excluding carboxylic acids is 1. The number of nitrogens with zero attached hydrogens (tertiary/aromatic N) is 2. The molecule has 0 aliphatic carbocycles. The van der Waals surface area contributed by atoms with E-state index in [0.29, 0.717) is 31.9 Å². The molecule has 4 rings (SSSR count). The summed E-state index contributed by atoms with van der Waals surface area (Å²) in [4.78, 5) is 14.5. The molecule has 1 amide bonds. The molecule has 0 aromatic heterocycles. The number of amides is 1. The summed E-state index contributed by atoms with van der Waals surface area (Å²) in [6.07, 6.45) is 0. The molecule has 1 fully saturated rings. The van der Waals surface area contributed by atoms with Crippen LogP contribution in [0.2, 0.25) is 0 Å². The zero-order chi connectivity index (χ0) is 20.8. The lowest BCUT2D eigenvalue weighted by Gasteiger charge is -2.35. The molecule has 2 aliphatic heterocycles. The van der Waals surface area contributed by atoms with Crippen LogP contribution in [-0.2, 0) is 20.2 Å². The van der Waals surface area contributed by atoms with Crippen molar-refractivity contribution in [1.29, 1.82) is 0 Å². The molecule has 0 radical (unpaired) electrons. The summed E-state index contributed by atoms with van der Waals surface area (Å²) in [5.41, 5.74) is 1.68. The van der Waals surface area contributed by atoms with Gasteiger partial charge in [0.1, 0.15) is 5.75 Å². The number of ether oxygens (including phenoxy) is 1. The van der Waals surface area contributed by atoms with Gasteiger partial charge in [0.05, 0.1) is 17.4 Å². The Morgan fingerprint density at radius 1 is 1.03 bits per heavy atom. The van der Waals surface area contributed by atoms with E-state index in [1.807, 2.05) is 24.3 Å². The fourth-order valence-corrected chi connectivity index (χ4v) is 5.30. The van der Waals surface area contributed by atoms with Gasteiger partial charge in [-0.2, -0.15) is 4.31 Å². The summed E-state index contributed by atoms with van der Waals surface area (Å²) >= 11 is 0. The Hall–Kier alpha value is -2.58. The van der Waals surface area contributed by atoms with Crippen molar-refractivity contribution in [1.82, 2.24) is 4.31 Å². The maximum atomic E-state index is 13.2. The van der Waals surface area contributed by atoms with Gasteiger partial charge in [-0.1, -0.05) is 6.07 Å². The zero-order valence-corrected chi connectivity index (χ0v) is 17.6. The summed E-state index contributed by atoms with van der Waals surface area (Å²) in [5.74, 6) is 0.662. The SMILES string of the molecule is COc1cccc(N2CCN(S(=O)(=O)c3ccc4c(c3)C(C)(C)C(=O)N4)CC2)c1. The molecule has 8 heteroatoms. The second-order valence-corrected chi connectivity index (χ2v) is 9.82. The highest BCUT2D eigenvalue weighted by molar-refractivity contribution is 7.89. The second kappa shape index (κ2) is 7.03. The fourth-order valence-electron chi connectivity index (χ4n) is 3.85. The van der Waals surface area contributed by atoms with Crippen molar-refractivity contribution in [2.24, 2.45) is 0 Å². The second-order valence-electron chi connectivity index (χ2n) is 7.88. The van der Waals surface area contributed by atoms with Crippen LogP contribution in [0.25, 0.3) is 0 Å². The lowest BCUT2D eigenvalue weighted by molar-refractivity contribution is -0.119. The Labute approximate surface area is 171 Å². The first-order valence-electron chi connectivity index (χ1n) is 9.58. The van der Waals surface area contributed by atoms with Gasteiger partial charge in [-0.25, -0.2) is 8.42 Å². The van der Waals surface area contributed by atoms with E-state index in [4.69, 9.17) is 4.74 Å². The van der Waals surface area contributed by atoms with Gasteiger partial charge in [-0.15, -0.1) is 0 Å². The number of sulfonamides is 1. The van der Waals surface area contributed by atoms with Crippen LogP contribution in [0.15, 0.2) is 47.4 Å². The van der Waals surface area contributed by atoms with E-state index in [1.54, 1.807) is 39.2 Å². The van der Waals surface area contributed by atoms with Crippen LogP contribution in [-0.4, -0.2) is 51.9 Å². The van der Waals surface area contributed by atoms with E-state index >= 15 is 0 Å². The Morgan fingerprint density at radius 2 is 1.76 bits per heavy atom. The number of rotatable bonds is 4. The van der Waals surface area contributed by atoms with Crippen molar-refractivity contribution >= 4 is 27.3 Å². The van der Waals surface area contributed by atoms with Crippen molar-refractivity contribution in [3.8, 4) is 5.75 Å². The first kappa shape index (κ1) is 19.7. The van der Waals surface area contributed by atoms with Crippen molar-refractivity contribution < 1.29 is 17.9 Å². The molecule has 1 N–H and O–H groups in total. The number of fused-ring (bicyclic) bond motifs is 1. The number of hydrogen-bond donors (Lipinski definition) is 1. The molecule has 0 atom stereocenters. The molecule has 2 aromatic carbocycles. The summed E-state index contributed by atoms with van der Waals surface area (Å²) in [7, 11) is -2.00. The first-order valence-corrected chi connectivity index (χ1v) is 11.0. The standard InChI is InChI=1S/C21H25N3O4S/c1-21(2)18-14-17(7-8-19(18)22-20(21)25)29(26,27)24-11-9-23(10-12-24)15-5-4-6-16(13-15)28-3/h4-8,13-14H,9-12H2,1-3H3,(H,22,25). The van der Waals surface area contributed by atoms with Crippen LogP contribution >= 0.6 is 0 Å². The van der Waals surface area contributed by atoms with Crippen molar-refractivity contribution in [2.75, 3.05) is 43.5 Å². The predicted molar refractivity (Wildman–Crippen MR) is 112 cm³/mol. The van der Waals surface area contributed by atoms with Gasteiger partial charge in [-0.3, -0.25) is 4.79 Å². The molecule has 1 saturated heterocycles. The predicted octanol–water partition coefficient (Wildman–Crippen LogP) is 2.44. The highest BCUT2D eigenvalue weighted by Crippen LogP contribution is 2.39. The maximum Gasteiger partial charge on any atom is 0.243 e. The monoisotopic (exact) mass is 415 g/mol. The molecule has 29 heavy (non-hydrogen) atoms. The first-order chi connectivity index (χ1) is 13.7. The largest absolute Gasteiger partial charge is 0.497 e. The minimum Gasteiger partial charge on any atom is -0.497 e. The third-order valence-corrected chi connectivity index (χ3v) is 7.67. The Bertz CT molecular complexity index is 1060. The molecule has 0 saturated carbocycles. The quantitative estimate of drug-likeness (QED) is 0.830. The van der Waals surface area contributed by atoms with Gasteiger partial charge in [-0.05, 0) is 49.7 Å².